The molecule has 1 saturated heterocycles. The normalized spacial score (nSPS) is 16.9. The van der Waals surface area contributed by atoms with Crippen molar-refractivity contribution in [2.75, 3.05) is 13.1 Å². The molecule has 0 aliphatic carbocycles. The summed E-state index contributed by atoms with van der Waals surface area (Å²) in [5.41, 5.74) is 1.72. The highest BCUT2D eigenvalue weighted by atomic mass is 19.4. The van der Waals surface area contributed by atoms with E-state index in [0.29, 0.717) is 23.3 Å². The van der Waals surface area contributed by atoms with Crippen LogP contribution in [0.3, 0.4) is 0 Å². The number of likely N-dealkylation sites (tertiary alicyclic amines) is 1. The molecule has 2 heterocycles. The molecule has 1 fully saturated rings. The third-order valence-corrected chi connectivity index (χ3v) is 5.63. The first-order chi connectivity index (χ1) is 15.4. The Bertz CT molecular complexity index is 1030. The summed E-state index contributed by atoms with van der Waals surface area (Å²) in [5, 5.41) is 6.85. The van der Waals surface area contributed by atoms with Crippen molar-refractivity contribution in [3.63, 3.8) is 0 Å². The topological polar surface area (TPSA) is 58.4 Å². The fourth-order valence-corrected chi connectivity index (χ4v) is 3.97. The summed E-state index contributed by atoms with van der Waals surface area (Å²) in [6, 6.07) is 15.1. The Morgan fingerprint density at radius 1 is 1.12 bits per heavy atom. The van der Waals surface area contributed by atoms with Crippen molar-refractivity contribution < 1.29 is 22.5 Å². The van der Waals surface area contributed by atoms with Crippen molar-refractivity contribution in [1.82, 2.24) is 15.4 Å². The van der Waals surface area contributed by atoms with E-state index in [-0.39, 0.29) is 18.4 Å². The lowest BCUT2D eigenvalue weighted by atomic mass is 10.0. The van der Waals surface area contributed by atoms with Gasteiger partial charge in [0.1, 0.15) is 0 Å². The van der Waals surface area contributed by atoms with Crippen LogP contribution in [0.2, 0.25) is 0 Å². The number of nitrogens with one attached hydrogen (secondary N) is 1. The Balaban J connectivity index is 1.28. The lowest BCUT2D eigenvalue weighted by Gasteiger charge is -2.16. The largest absolute Gasteiger partial charge is 0.416 e. The number of aryl methyl sites for hydroxylation is 1. The van der Waals surface area contributed by atoms with Crippen LogP contribution >= 0.6 is 0 Å². The van der Waals surface area contributed by atoms with Gasteiger partial charge in [-0.1, -0.05) is 47.6 Å². The van der Waals surface area contributed by atoms with E-state index in [2.05, 4.69) is 27.5 Å². The number of hydrogen-bond acceptors (Lipinski definition) is 4. The summed E-state index contributed by atoms with van der Waals surface area (Å²) in [5.74, 6) is 0.331. The van der Waals surface area contributed by atoms with E-state index in [0.717, 1.165) is 38.2 Å². The Labute approximate surface area is 184 Å². The second kappa shape index (κ2) is 9.56. The lowest BCUT2D eigenvalue weighted by Crippen LogP contribution is -2.37. The predicted molar refractivity (Wildman–Crippen MR) is 114 cm³/mol. The maximum absolute atomic E-state index is 12.8. The second-order valence-electron chi connectivity index (χ2n) is 8.03. The standard InChI is InChI=1S/C24H24F3N3O2/c25-24(26,27)20-9-6-18(7-10-20)23-19(14-28-32-23)8-11-22(31)29-21-12-13-30(16-21)15-17-4-2-1-3-5-17/h1-7,9-10,14,21H,8,11-13,15-16H2,(H,29,31). The molecule has 1 aromatic heterocycles. The summed E-state index contributed by atoms with van der Waals surface area (Å²) in [4.78, 5) is 14.8. The third kappa shape index (κ3) is 5.56. The van der Waals surface area contributed by atoms with Crippen molar-refractivity contribution in [3.05, 3.63) is 77.5 Å². The molecule has 1 amide bonds. The van der Waals surface area contributed by atoms with Crippen molar-refractivity contribution in [3.8, 4) is 11.3 Å². The first-order valence-corrected chi connectivity index (χ1v) is 10.6. The van der Waals surface area contributed by atoms with Gasteiger partial charge in [0.25, 0.3) is 0 Å². The van der Waals surface area contributed by atoms with Crippen LogP contribution in [0.1, 0.15) is 29.5 Å². The van der Waals surface area contributed by atoms with Crippen molar-refractivity contribution >= 4 is 5.91 Å². The van der Waals surface area contributed by atoms with Crippen LogP contribution in [0.15, 0.2) is 65.3 Å². The fraction of sp³-hybridized carbons (Fsp3) is 0.333. The summed E-state index contributed by atoms with van der Waals surface area (Å²) in [7, 11) is 0. The van der Waals surface area contributed by atoms with Gasteiger partial charge in [-0.2, -0.15) is 13.2 Å². The van der Waals surface area contributed by atoms with Gasteiger partial charge in [-0.15, -0.1) is 0 Å². The van der Waals surface area contributed by atoms with Gasteiger partial charge in [0.05, 0.1) is 11.8 Å². The number of rotatable bonds is 7. The third-order valence-electron chi connectivity index (χ3n) is 5.63. The van der Waals surface area contributed by atoms with Gasteiger partial charge in [-0.3, -0.25) is 9.69 Å². The molecule has 0 bridgehead atoms. The molecule has 1 aliphatic heterocycles. The molecule has 8 heteroatoms. The molecular weight excluding hydrogens is 419 g/mol. The van der Waals surface area contributed by atoms with Crippen LogP contribution in [-0.2, 0) is 23.9 Å². The number of carbonyl (C=O) groups is 1. The van der Waals surface area contributed by atoms with E-state index in [1.165, 1.54) is 23.9 Å². The maximum Gasteiger partial charge on any atom is 0.416 e. The monoisotopic (exact) mass is 443 g/mol. The molecule has 2 aromatic carbocycles. The minimum absolute atomic E-state index is 0.0591. The first-order valence-electron chi connectivity index (χ1n) is 10.6. The number of aromatic nitrogens is 1. The highest BCUT2D eigenvalue weighted by Crippen LogP contribution is 2.32. The van der Waals surface area contributed by atoms with Crippen LogP contribution < -0.4 is 5.32 Å². The molecule has 0 spiro atoms. The predicted octanol–water partition coefficient (Wildman–Crippen LogP) is 4.68. The highest BCUT2D eigenvalue weighted by Gasteiger charge is 2.30. The van der Waals surface area contributed by atoms with Crippen molar-refractivity contribution in [2.24, 2.45) is 0 Å². The van der Waals surface area contributed by atoms with E-state index in [1.54, 1.807) is 0 Å². The Hall–Kier alpha value is -3.13. The average molecular weight is 443 g/mol. The van der Waals surface area contributed by atoms with Gasteiger partial charge < -0.3 is 9.84 Å². The number of benzene rings is 2. The molecule has 32 heavy (non-hydrogen) atoms. The molecular formula is C24H24F3N3O2. The Kier molecular flexibility index (Phi) is 6.60. The molecule has 0 radical (unpaired) electrons. The quantitative estimate of drug-likeness (QED) is 0.576. The van der Waals surface area contributed by atoms with Gasteiger partial charge in [-0.05, 0) is 30.5 Å². The lowest BCUT2D eigenvalue weighted by molar-refractivity contribution is -0.137. The van der Waals surface area contributed by atoms with Gasteiger partial charge in [0.2, 0.25) is 5.91 Å². The van der Waals surface area contributed by atoms with Crippen LogP contribution in [0.4, 0.5) is 13.2 Å². The van der Waals surface area contributed by atoms with Crippen LogP contribution in [0.25, 0.3) is 11.3 Å². The van der Waals surface area contributed by atoms with Gasteiger partial charge >= 0.3 is 6.18 Å². The van der Waals surface area contributed by atoms with E-state index in [4.69, 9.17) is 4.52 Å². The number of hydrogen-bond donors (Lipinski definition) is 1. The molecule has 168 valence electrons. The smallest absolute Gasteiger partial charge is 0.356 e. The zero-order valence-corrected chi connectivity index (χ0v) is 17.4. The molecule has 5 nitrogen and oxygen atoms in total. The number of alkyl halides is 3. The van der Waals surface area contributed by atoms with Crippen LogP contribution in [-0.4, -0.2) is 35.1 Å². The SMILES string of the molecule is O=C(CCc1cnoc1-c1ccc(C(F)(F)F)cc1)NC1CCN(Cc2ccccc2)C1. The first kappa shape index (κ1) is 22.1. The number of nitrogens with zero attached hydrogens (tertiary/aromatic N) is 2. The summed E-state index contributed by atoms with van der Waals surface area (Å²) < 4.78 is 43.5. The minimum atomic E-state index is -4.39. The Morgan fingerprint density at radius 2 is 1.88 bits per heavy atom. The van der Waals surface area contributed by atoms with E-state index < -0.39 is 11.7 Å². The van der Waals surface area contributed by atoms with E-state index in [1.807, 2.05) is 18.2 Å². The molecule has 1 aliphatic rings. The molecule has 1 unspecified atom stereocenters. The zero-order valence-electron chi connectivity index (χ0n) is 17.4. The highest BCUT2D eigenvalue weighted by molar-refractivity contribution is 5.77. The molecule has 1 N–H and O–H groups in total. The van der Waals surface area contributed by atoms with Crippen molar-refractivity contribution in [2.45, 2.75) is 38.0 Å². The van der Waals surface area contributed by atoms with E-state index in [9.17, 15) is 18.0 Å². The fourth-order valence-electron chi connectivity index (χ4n) is 3.97. The number of halogens is 3. The van der Waals surface area contributed by atoms with Crippen LogP contribution in [0.5, 0.6) is 0 Å². The molecule has 0 saturated carbocycles. The summed E-state index contributed by atoms with van der Waals surface area (Å²) in [6.45, 7) is 2.61. The second-order valence-corrected chi connectivity index (χ2v) is 8.03. The van der Waals surface area contributed by atoms with Gasteiger partial charge in [-0.25, -0.2) is 0 Å². The molecule has 1 atom stereocenters. The zero-order chi connectivity index (χ0) is 22.6. The Morgan fingerprint density at radius 3 is 2.59 bits per heavy atom. The van der Waals surface area contributed by atoms with E-state index >= 15 is 0 Å². The summed E-state index contributed by atoms with van der Waals surface area (Å²) in [6.07, 6.45) is -1.33. The number of amides is 1. The summed E-state index contributed by atoms with van der Waals surface area (Å²) >= 11 is 0. The average Bonchev–Trinajstić information content (AvgIpc) is 3.42. The van der Waals surface area contributed by atoms with Gasteiger partial charge in [0.15, 0.2) is 5.76 Å². The van der Waals surface area contributed by atoms with Gasteiger partial charge in [0, 0.05) is 43.2 Å². The minimum Gasteiger partial charge on any atom is -0.356 e. The maximum atomic E-state index is 12.8. The van der Waals surface area contributed by atoms with Crippen LogP contribution in [0, 0.1) is 0 Å². The number of carbonyl (C=O) groups excluding carboxylic acids is 1. The van der Waals surface area contributed by atoms with Crippen molar-refractivity contribution in [1.29, 1.82) is 0 Å². The molecule has 4 rings (SSSR count). The molecule has 3 aromatic rings.